The second kappa shape index (κ2) is 6.57. The fourth-order valence-corrected chi connectivity index (χ4v) is 2.73. The summed E-state index contributed by atoms with van der Waals surface area (Å²) in [7, 11) is 1.72. The van der Waals surface area contributed by atoms with E-state index in [2.05, 4.69) is 22.3 Å². The fraction of sp³-hybridized carbons (Fsp3) is 0.533. The normalized spacial score (nSPS) is 19.5. The van der Waals surface area contributed by atoms with Gasteiger partial charge in [-0.25, -0.2) is 0 Å². The third-order valence-corrected chi connectivity index (χ3v) is 3.80. The topological polar surface area (TPSA) is 58.4 Å². The van der Waals surface area contributed by atoms with Gasteiger partial charge in [0, 0.05) is 12.7 Å². The lowest BCUT2D eigenvalue weighted by Gasteiger charge is -2.22. The number of nitrogens with two attached hydrogens (primary N) is 1. The van der Waals surface area contributed by atoms with Crippen LogP contribution in [0.2, 0.25) is 0 Å². The number of carbonyl (C=O) groups excluding carboxylic acids is 1. The number of aryl methyl sites for hydroxylation is 1. The quantitative estimate of drug-likeness (QED) is 0.788. The third-order valence-electron chi connectivity index (χ3n) is 3.80. The van der Waals surface area contributed by atoms with Gasteiger partial charge in [-0.05, 0) is 56.5 Å². The fourth-order valence-electron chi connectivity index (χ4n) is 2.73. The van der Waals surface area contributed by atoms with Gasteiger partial charge in [-0.2, -0.15) is 0 Å². The van der Waals surface area contributed by atoms with Crippen molar-refractivity contribution in [1.82, 2.24) is 10.2 Å². The first-order chi connectivity index (χ1) is 9.20. The summed E-state index contributed by atoms with van der Waals surface area (Å²) in [5.41, 5.74) is 7.79. The van der Waals surface area contributed by atoms with Gasteiger partial charge in [0.15, 0.2) is 0 Å². The second-order valence-electron chi connectivity index (χ2n) is 5.15. The highest BCUT2D eigenvalue weighted by Gasteiger charge is 2.29. The minimum Gasteiger partial charge on any atom is -0.399 e. The van der Waals surface area contributed by atoms with Crippen LogP contribution in [-0.2, 0) is 11.2 Å². The van der Waals surface area contributed by atoms with E-state index in [1.165, 1.54) is 5.56 Å². The monoisotopic (exact) mass is 261 g/mol. The summed E-state index contributed by atoms with van der Waals surface area (Å²) in [6.07, 6.45) is 4.23. The molecule has 1 aliphatic rings. The highest BCUT2D eigenvalue weighted by atomic mass is 16.2. The largest absolute Gasteiger partial charge is 0.399 e. The molecule has 1 unspecified atom stereocenters. The van der Waals surface area contributed by atoms with E-state index in [9.17, 15) is 4.79 Å². The number of nitrogens with one attached hydrogen (secondary N) is 1. The lowest BCUT2D eigenvalue weighted by Crippen LogP contribution is -2.42. The van der Waals surface area contributed by atoms with Gasteiger partial charge in [0.25, 0.3) is 0 Å². The molecular weight excluding hydrogens is 238 g/mol. The smallest absolute Gasteiger partial charge is 0.237 e. The third kappa shape index (κ3) is 3.70. The Morgan fingerprint density at radius 3 is 2.84 bits per heavy atom. The molecule has 0 radical (unpaired) electrons. The summed E-state index contributed by atoms with van der Waals surface area (Å²) in [6.45, 7) is 2.03. The van der Waals surface area contributed by atoms with E-state index in [1.807, 2.05) is 12.1 Å². The van der Waals surface area contributed by atoms with E-state index in [0.29, 0.717) is 0 Å². The Morgan fingerprint density at radius 2 is 2.16 bits per heavy atom. The first-order valence-electron chi connectivity index (χ1n) is 7.01. The molecule has 0 aliphatic carbocycles. The lowest BCUT2D eigenvalue weighted by molar-refractivity contribution is -0.124. The minimum absolute atomic E-state index is 0.0800. The van der Waals surface area contributed by atoms with Crippen molar-refractivity contribution in [1.29, 1.82) is 0 Å². The molecule has 1 aliphatic heterocycles. The zero-order valence-electron chi connectivity index (χ0n) is 11.6. The van der Waals surface area contributed by atoms with Crippen LogP contribution in [0.3, 0.4) is 0 Å². The van der Waals surface area contributed by atoms with E-state index in [-0.39, 0.29) is 11.9 Å². The summed E-state index contributed by atoms with van der Waals surface area (Å²) in [5.74, 6) is 0.157. The van der Waals surface area contributed by atoms with E-state index < -0.39 is 0 Å². The molecule has 1 fully saturated rings. The van der Waals surface area contributed by atoms with E-state index in [4.69, 9.17) is 5.73 Å². The molecule has 1 amide bonds. The predicted octanol–water partition coefficient (Wildman–Crippen LogP) is 1.41. The molecule has 1 aromatic rings. The molecule has 1 heterocycles. The van der Waals surface area contributed by atoms with Crippen molar-refractivity contribution in [3.8, 4) is 0 Å². The van der Waals surface area contributed by atoms with Crippen molar-refractivity contribution in [3.63, 3.8) is 0 Å². The maximum atomic E-state index is 11.7. The Morgan fingerprint density at radius 1 is 1.42 bits per heavy atom. The number of hydrogen-bond donors (Lipinski definition) is 2. The molecule has 2 rings (SSSR count). The molecule has 104 valence electrons. The van der Waals surface area contributed by atoms with Gasteiger partial charge in [0.1, 0.15) is 0 Å². The van der Waals surface area contributed by atoms with Crippen LogP contribution < -0.4 is 11.1 Å². The SMILES string of the molecule is CNC(=O)C1CCCN1CCCc1ccc(N)cc1. The van der Waals surface area contributed by atoms with Crippen LogP contribution in [-0.4, -0.2) is 37.0 Å². The Labute approximate surface area is 115 Å². The maximum absolute atomic E-state index is 11.7. The Balaban J connectivity index is 1.78. The first kappa shape index (κ1) is 13.9. The van der Waals surface area contributed by atoms with Gasteiger partial charge in [-0.15, -0.1) is 0 Å². The zero-order chi connectivity index (χ0) is 13.7. The van der Waals surface area contributed by atoms with Crippen LogP contribution in [0.1, 0.15) is 24.8 Å². The molecule has 4 nitrogen and oxygen atoms in total. The molecule has 3 N–H and O–H groups in total. The number of hydrogen-bond acceptors (Lipinski definition) is 3. The summed E-state index contributed by atoms with van der Waals surface area (Å²) >= 11 is 0. The van der Waals surface area contributed by atoms with Gasteiger partial charge in [0.2, 0.25) is 5.91 Å². The molecule has 4 heteroatoms. The number of likely N-dealkylation sites (N-methyl/N-ethyl adjacent to an activating group) is 1. The van der Waals surface area contributed by atoms with E-state index >= 15 is 0 Å². The van der Waals surface area contributed by atoms with Crippen molar-refractivity contribution in [2.24, 2.45) is 0 Å². The highest BCUT2D eigenvalue weighted by Crippen LogP contribution is 2.18. The molecule has 1 atom stereocenters. The Kier molecular flexibility index (Phi) is 4.80. The minimum atomic E-state index is 0.0800. The standard InChI is InChI=1S/C15H23N3O/c1-17-15(19)14-5-3-11-18(14)10-2-4-12-6-8-13(16)9-7-12/h6-9,14H,2-5,10-11,16H2,1H3,(H,17,19). The highest BCUT2D eigenvalue weighted by molar-refractivity contribution is 5.81. The molecule has 1 saturated heterocycles. The number of rotatable bonds is 5. The molecule has 1 aromatic carbocycles. The van der Waals surface area contributed by atoms with Gasteiger partial charge >= 0.3 is 0 Å². The van der Waals surface area contributed by atoms with Gasteiger partial charge in [-0.3, -0.25) is 9.69 Å². The van der Waals surface area contributed by atoms with Gasteiger partial charge in [-0.1, -0.05) is 12.1 Å². The van der Waals surface area contributed by atoms with Crippen molar-refractivity contribution < 1.29 is 4.79 Å². The molecule has 0 bridgehead atoms. The predicted molar refractivity (Wildman–Crippen MR) is 77.8 cm³/mol. The Bertz CT molecular complexity index is 416. The van der Waals surface area contributed by atoms with Gasteiger partial charge < -0.3 is 11.1 Å². The van der Waals surface area contributed by atoms with Crippen molar-refractivity contribution in [2.45, 2.75) is 31.7 Å². The average Bonchev–Trinajstić information content (AvgIpc) is 2.88. The number of nitrogen functional groups attached to an aromatic ring is 1. The average molecular weight is 261 g/mol. The molecule has 0 saturated carbocycles. The van der Waals surface area contributed by atoms with Crippen molar-refractivity contribution >= 4 is 11.6 Å². The number of amides is 1. The maximum Gasteiger partial charge on any atom is 0.237 e. The summed E-state index contributed by atoms with van der Waals surface area (Å²) < 4.78 is 0. The van der Waals surface area contributed by atoms with E-state index in [0.717, 1.165) is 44.5 Å². The second-order valence-corrected chi connectivity index (χ2v) is 5.15. The van der Waals surface area contributed by atoms with Crippen LogP contribution in [0.5, 0.6) is 0 Å². The number of nitrogens with zero attached hydrogens (tertiary/aromatic N) is 1. The van der Waals surface area contributed by atoms with Crippen LogP contribution in [0.25, 0.3) is 0 Å². The molecule has 0 spiro atoms. The summed E-state index contributed by atoms with van der Waals surface area (Å²) in [6, 6.07) is 8.12. The summed E-state index contributed by atoms with van der Waals surface area (Å²) in [5, 5.41) is 2.76. The van der Waals surface area contributed by atoms with Crippen LogP contribution in [0.4, 0.5) is 5.69 Å². The molecular formula is C15H23N3O. The number of likely N-dealkylation sites (tertiary alicyclic amines) is 1. The number of carbonyl (C=O) groups is 1. The lowest BCUT2D eigenvalue weighted by atomic mass is 10.1. The molecule has 0 aromatic heterocycles. The number of anilines is 1. The number of benzene rings is 1. The summed E-state index contributed by atoms with van der Waals surface area (Å²) in [4.78, 5) is 14.0. The van der Waals surface area contributed by atoms with Crippen molar-refractivity contribution in [2.75, 3.05) is 25.9 Å². The van der Waals surface area contributed by atoms with Gasteiger partial charge in [0.05, 0.1) is 6.04 Å². The Hall–Kier alpha value is -1.55. The molecule has 19 heavy (non-hydrogen) atoms. The van der Waals surface area contributed by atoms with Crippen molar-refractivity contribution in [3.05, 3.63) is 29.8 Å². The first-order valence-corrected chi connectivity index (χ1v) is 7.01. The van der Waals surface area contributed by atoms with E-state index in [1.54, 1.807) is 7.05 Å². The van der Waals surface area contributed by atoms with Crippen LogP contribution in [0, 0.1) is 0 Å². The van der Waals surface area contributed by atoms with Crippen LogP contribution in [0.15, 0.2) is 24.3 Å². The van der Waals surface area contributed by atoms with Crippen LogP contribution >= 0.6 is 0 Å². The zero-order valence-corrected chi connectivity index (χ0v) is 11.6.